The number of carbonyl (C=O) groups is 1. The van der Waals surface area contributed by atoms with Crippen molar-refractivity contribution in [3.05, 3.63) is 81.8 Å². The average Bonchev–Trinajstić information content (AvgIpc) is 3.10. The van der Waals surface area contributed by atoms with Gasteiger partial charge in [-0.1, -0.05) is 66.4 Å². The number of aryl methyl sites for hydroxylation is 1. The zero-order valence-corrected chi connectivity index (χ0v) is 18.7. The van der Waals surface area contributed by atoms with Gasteiger partial charge in [0, 0.05) is 18.7 Å². The van der Waals surface area contributed by atoms with Crippen LogP contribution in [-0.4, -0.2) is 47.5 Å². The van der Waals surface area contributed by atoms with Crippen LogP contribution in [0.5, 0.6) is 0 Å². The quantitative estimate of drug-likeness (QED) is 0.334. The maximum absolute atomic E-state index is 12.5. The minimum absolute atomic E-state index is 0.0733. The molecule has 2 aromatic carbocycles. The molecule has 3 rings (SSSR count). The van der Waals surface area contributed by atoms with E-state index in [0.29, 0.717) is 36.7 Å². The first-order valence-corrected chi connectivity index (χ1v) is 12.6. The predicted molar refractivity (Wildman–Crippen MR) is 121 cm³/mol. The standard InChI is InChI=1S/C21H24N4O4S2/c1-31(28,29)22-13-11-17-7-9-18(10-8-17)19(26)15-30-21-24-23-20(27)25(21)14-12-16-5-3-2-4-6-16/h2-10,22H,11-15H2,1H3,(H,23,27). The molecule has 0 aliphatic heterocycles. The molecule has 0 spiro atoms. The summed E-state index contributed by atoms with van der Waals surface area (Å²) in [5, 5.41) is 6.98. The highest BCUT2D eigenvalue weighted by atomic mass is 32.2. The third-order valence-corrected chi connectivity index (χ3v) is 6.28. The summed E-state index contributed by atoms with van der Waals surface area (Å²) < 4.78 is 26.2. The number of ketones is 1. The molecule has 0 radical (unpaired) electrons. The van der Waals surface area contributed by atoms with E-state index < -0.39 is 10.0 Å². The zero-order chi connectivity index (χ0) is 22.3. The van der Waals surface area contributed by atoms with Crippen LogP contribution in [0.25, 0.3) is 0 Å². The topological polar surface area (TPSA) is 114 Å². The van der Waals surface area contributed by atoms with E-state index in [1.165, 1.54) is 11.8 Å². The fourth-order valence-corrected chi connectivity index (χ4v) is 4.29. The summed E-state index contributed by atoms with van der Waals surface area (Å²) >= 11 is 1.22. The van der Waals surface area contributed by atoms with Gasteiger partial charge < -0.3 is 0 Å². The van der Waals surface area contributed by atoms with Gasteiger partial charge in [-0.3, -0.25) is 9.36 Å². The van der Waals surface area contributed by atoms with Crippen molar-refractivity contribution in [1.29, 1.82) is 0 Å². The summed E-state index contributed by atoms with van der Waals surface area (Å²) in [5.74, 6) is 0.0841. The molecule has 0 aliphatic carbocycles. The number of carbonyl (C=O) groups excluding carboxylic acids is 1. The van der Waals surface area contributed by atoms with Crippen molar-refractivity contribution < 1.29 is 13.2 Å². The van der Waals surface area contributed by atoms with Gasteiger partial charge in [-0.2, -0.15) is 0 Å². The molecule has 0 fully saturated rings. The number of H-pyrrole nitrogens is 1. The number of sulfonamides is 1. The molecule has 31 heavy (non-hydrogen) atoms. The van der Waals surface area contributed by atoms with E-state index in [1.807, 2.05) is 42.5 Å². The number of Topliss-reactive ketones (excluding diaryl/α,β-unsaturated/α-hetero) is 1. The molecule has 0 unspecified atom stereocenters. The van der Waals surface area contributed by atoms with Gasteiger partial charge in [-0.25, -0.2) is 23.0 Å². The second-order valence-electron chi connectivity index (χ2n) is 7.02. The number of benzene rings is 2. The van der Waals surface area contributed by atoms with Crippen LogP contribution in [0, 0.1) is 0 Å². The molecule has 1 aromatic heterocycles. The average molecular weight is 461 g/mol. The molecule has 0 saturated carbocycles. The Kier molecular flexibility index (Phi) is 7.83. The lowest BCUT2D eigenvalue weighted by molar-refractivity contribution is 0.102. The van der Waals surface area contributed by atoms with E-state index in [-0.39, 0.29) is 17.2 Å². The number of nitrogens with one attached hydrogen (secondary N) is 2. The van der Waals surface area contributed by atoms with Crippen molar-refractivity contribution in [2.75, 3.05) is 18.6 Å². The first kappa shape index (κ1) is 23.0. The van der Waals surface area contributed by atoms with Gasteiger partial charge in [0.1, 0.15) is 0 Å². The summed E-state index contributed by atoms with van der Waals surface area (Å²) in [6.45, 7) is 0.785. The fourth-order valence-electron chi connectivity index (χ4n) is 2.95. The molecular weight excluding hydrogens is 436 g/mol. The van der Waals surface area contributed by atoms with Crippen molar-refractivity contribution >= 4 is 27.6 Å². The molecule has 1 heterocycles. The Hall–Kier alpha value is -2.69. The third kappa shape index (κ3) is 7.20. The van der Waals surface area contributed by atoms with E-state index in [4.69, 9.17) is 0 Å². The van der Waals surface area contributed by atoms with Crippen molar-refractivity contribution in [2.45, 2.75) is 24.5 Å². The molecule has 8 nitrogen and oxygen atoms in total. The Morgan fingerprint density at radius 2 is 1.74 bits per heavy atom. The molecular formula is C21H24N4O4S2. The Bertz CT molecular complexity index is 1170. The fraction of sp³-hybridized carbons (Fsp3) is 0.286. The van der Waals surface area contributed by atoms with Crippen LogP contribution in [-0.2, 0) is 29.4 Å². The van der Waals surface area contributed by atoms with Crippen LogP contribution in [0.15, 0.2) is 64.5 Å². The number of rotatable bonds is 11. The monoisotopic (exact) mass is 460 g/mol. The Morgan fingerprint density at radius 3 is 2.42 bits per heavy atom. The molecule has 0 aliphatic rings. The van der Waals surface area contributed by atoms with Crippen molar-refractivity contribution in [3.8, 4) is 0 Å². The van der Waals surface area contributed by atoms with E-state index in [0.717, 1.165) is 17.4 Å². The molecule has 2 N–H and O–H groups in total. The maximum atomic E-state index is 12.5. The first-order chi connectivity index (χ1) is 14.8. The molecule has 3 aromatic rings. The zero-order valence-electron chi connectivity index (χ0n) is 17.1. The van der Waals surface area contributed by atoms with E-state index in [2.05, 4.69) is 14.9 Å². The van der Waals surface area contributed by atoms with Crippen LogP contribution in [0.1, 0.15) is 21.5 Å². The highest BCUT2D eigenvalue weighted by Gasteiger charge is 2.13. The summed E-state index contributed by atoms with van der Waals surface area (Å²) in [6, 6.07) is 16.9. The Labute approximate surface area is 185 Å². The minimum Gasteiger partial charge on any atom is -0.293 e. The molecule has 10 heteroatoms. The molecule has 0 amide bonds. The van der Waals surface area contributed by atoms with Crippen LogP contribution in [0.4, 0.5) is 0 Å². The van der Waals surface area contributed by atoms with Crippen molar-refractivity contribution in [1.82, 2.24) is 19.5 Å². The van der Waals surface area contributed by atoms with E-state index in [9.17, 15) is 18.0 Å². The molecule has 164 valence electrons. The van der Waals surface area contributed by atoms with Gasteiger partial charge in [0.05, 0.1) is 12.0 Å². The summed E-state index contributed by atoms with van der Waals surface area (Å²) in [4.78, 5) is 24.6. The lowest BCUT2D eigenvalue weighted by Crippen LogP contribution is -2.24. The largest absolute Gasteiger partial charge is 0.343 e. The number of aromatic amines is 1. The molecule has 0 bridgehead atoms. The number of aromatic nitrogens is 3. The van der Waals surface area contributed by atoms with Gasteiger partial charge in [-0.15, -0.1) is 5.10 Å². The number of nitrogens with zero attached hydrogens (tertiary/aromatic N) is 2. The van der Waals surface area contributed by atoms with Gasteiger partial charge >= 0.3 is 5.69 Å². The first-order valence-electron chi connectivity index (χ1n) is 9.70. The van der Waals surface area contributed by atoms with Crippen LogP contribution >= 0.6 is 11.8 Å². The van der Waals surface area contributed by atoms with E-state index >= 15 is 0 Å². The van der Waals surface area contributed by atoms with Crippen molar-refractivity contribution in [3.63, 3.8) is 0 Å². The second kappa shape index (κ2) is 10.6. The van der Waals surface area contributed by atoms with Gasteiger partial charge in [-0.05, 0) is 24.0 Å². The summed E-state index contributed by atoms with van der Waals surface area (Å²) in [5.41, 5.74) is 2.32. The third-order valence-electron chi connectivity index (χ3n) is 4.58. The summed E-state index contributed by atoms with van der Waals surface area (Å²) in [6.07, 6.45) is 2.35. The Balaban J connectivity index is 1.54. The van der Waals surface area contributed by atoms with Gasteiger partial charge in [0.25, 0.3) is 0 Å². The second-order valence-corrected chi connectivity index (χ2v) is 9.80. The highest BCUT2D eigenvalue weighted by molar-refractivity contribution is 7.99. The Morgan fingerprint density at radius 1 is 1.06 bits per heavy atom. The number of thioether (sulfide) groups is 1. The number of hydrogen-bond acceptors (Lipinski definition) is 6. The summed E-state index contributed by atoms with van der Waals surface area (Å²) in [7, 11) is -3.21. The smallest absolute Gasteiger partial charge is 0.293 e. The minimum atomic E-state index is -3.21. The predicted octanol–water partition coefficient (Wildman–Crippen LogP) is 1.88. The van der Waals surface area contributed by atoms with Crippen molar-refractivity contribution in [2.24, 2.45) is 0 Å². The normalized spacial score (nSPS) is 11.5. The molecule has 0 saturated heterocycles. The number of hydrogen-bond donors (Lipinski definition) is 2. The van der Waals surface area contributed by atoms with Gasteiger partial charge in [0.15, 0.2) is 10.9 Å². The lowest BCUT2D eigenvalue weighted by Gasteiger charge is -2.06. The maximum Gasteiger partial charge on any atom is 0.343 e. The highest BCUT2D eigenvalue weighted by Crippen LogP contribution is 2.17. The van der Waals surface area contributed by atoms with Crippen LogP contribution < -0.4 is 10.4 Å². The SMILES string of the molecule is CS(=O)(=O)NCCc1ccc(C(=O)CSc2n[nH]c(=O)n2CCc2ccccc2)cc1. The van der Waals surface area contributed by atoms with Gasteiger partial charge in [0.2, 0.25) is 10.0 Å². The molecule has 0 atom stereocenters. The van der Waals surface area contributed by atoms with Crippen LogP contribution in [0.2, 0.25) is 0 Å². The van der Waals surface area contributed by atoms with E-state index in [1.54, 1.807) is 16.7 Å². The lowest BCUT2D eigenvalue weighted by atomic mass is 10.1. The van der Waals surface area contributed by atoms with Crippen LogP contribution in [0.3, 0.4) is 0 Å².